The summed E-state index contributed by atoms with van der Waals surface area (Å²) in [5.74, 6) is -0.342. The number of carbonyl (C=O) groups excluding carboxylic acids is 1. The molecule has 2 aromatic heterocycles. The van der Waals surface area contributed by atoms with Crippen molar-refractivity contribution < 1.29 is 14.3 Å². The SMILES string of the molecule is O=C1c2oc3ccccc3c(=O)c2[C@H](c2ccc(O)cc2)N1c1nncs1. The van der Waals surface area contributed by atoms with Gasteiger partial charge < -0.3 is 9.52 Å². The molecule has 2 aromatic carbocycles. The Morgan fingerprint density at radius 3 is 2.59 bits per heavy atom. The van der Waals surface area contributed by atoms with Crippen molar-refractivity contribution in [2.24, 2.45) is 0 Å². The van der Waals surface area contributed by atoms with E-state index >= 15 is 0 Å². The van der Waals surface area contributed by atoms with Crippen LogP contribution in [0.2, 0.25) is 0 Å². The first kappa shape index (κ1) is 15.7. The standard InChI is InChI=1S/C19H11N3O4S/c23-11-7-5-10(6-8-11)15-14-16(24)12-3-1-2-4-13(12)26-17(14)18(25)22(15)19-21-20-9-27-19/h1-9,15,23H/t15-/m0/s1. The number of fused-ring (bicyclic) bond motifs is 2. The van der Waals surface area contributed by atoms with Crippen LogP contribution in [0.5, 0.6) is 5.75 Å². The Kier molecular flexibility index (Phi) is 3.34. The van der Waals surface area contributed by atoms with Crippen LogP contribution in [0.4, 0.5) is 5.13 Å². The molecule has 0 unspecified atom stereocenters. The minimum absolute atomic E-state index is 0.00646. The van der Waals surface area contributed by atoms with Gasteiger partial charge in [-0.15, -0.1) is 10.2 Å². The molecule has 1 amide bonds. The molecule has 1 N–H and O–H groups in total. The lowest BCUT2D eigenvalue weighted by Gasteiger charge is -2.22. The van der Waals surface area contributed by atoms with Gasteiger partial charge in [0, 0.05) is 0 Å². The monoisotopic (exact) mass is 377 g/mol. The largest absolute Gasteiger partial charge is 0.508 e. The zero-order chi connectivity index (χ0) is 18.5. The number of aromatic hydroxyl groups is 1. The van der Waals surface area contributed by atoms with Crippen molar-refractivity contribution in [3.05, 3.63) is 81.2 Å². The summed E-state index contributed by atoms with van der Waals surface area (Å²) in [6, 6.07) is 12.5. The van der Waals surface area contributed by atoms with Crippen LogP contribution in [0.15, 0.2) is 63.3 Å². The fourth-order valence-corrected chi connectivity index (χ4v) is 3.95. The van der Waals surface area contributed by atoms with Gasteiger partial charge >= 0.3 is 0 Å². The van der Waals surface area contributed by atoms with E-state index in [1.54, 1.807) is 36.4 Å². The van der Waals surface area contributed by atoms with Gasteiger partial charge in [-0.05, 0) is 29.8 Å². The maximum Gasteiger partial charge on any atom is 0.297 e. The molecular weight excluding hydrogens is 366 g/mol. The van der Waals surface area contributed by atoms with Crippen LogP contribution in [-0.2, 0) is 0 Å². The molecule has 0 saturated heterocycles. The van der Waals surface area contributed by atoms with Gasteiger partial charge in [-0.3, -0.25) is 14.5 Å². The number of phenolic OH excluding ortho intramolecular Hbond substituents is 1. The average molecular weight is 377 g/mol. The summed E-state index contributed by atoms with van der Waals surface area (Å²) < 4.78 is 5.82. The Bertz CT molecular complexity index is 1230. The molecule has 0 saturated carbocycles. The van der Waals surface area contributed by atoms with Gasteiger partial charge in [-0.1, -0.05) is 35.6 Å². The number of carbonyl (C=O) groups is 1. The number of nitrogens with zero attached hydrogens (tertiary/aromatic N) is 3. The van der Waals surface area contributed by atoms with E-state index in [0.29, 0.717) is 21.7 Å². The molecule has 27 heavy (non-hydrogen) atoms. The Morgan fingerprint density at radius 2 is 1.85 bits per heavy atom. The lowest BCUT2D eigenvalue weighted by molar-refractivity contribution is 0.0970. The third-order valence-electron chi connectivity index (χ3n) is 4.54. The van der Waals surface area contributed by atoms with Crippen LogP contribution in [-0.4, -0.2) is 21.2 Å². The summed E-state index contributed by atoms with van der Waals surface area (Å²) in [6.45, 7) is 0. The summed E-state index contributed by atoms with van der Waals surface area (Å²) in [4.78, 5) is 27.8. The molecule has 7 nitrogen and oxygen atoms in total. The number of aromatic nitrogens is 2. The van der Waals surface area contributed by atoms with E-state index in [9.17, 15) is 14.7 Å². The predicted octanol–water partition coefficient (Wildman–Crippen LogP) is 3.10. The fraction of sp³-hybridized carbons (Fsp3) is 0.0526. The van der Waals surface area contributed by atoms with Gasteiger partial charge in [0.15, 0.2) is 5.43 Å². The number of anilines is 1. The number of benzene rings is 2. The van der Waals surface area contributed by atoms with Crippen LogP contribution in [0.1, 0.15) is 27.7 Å². The molecule has 1 aliphatic rings. The zero-order valence-electron chi connectivity index (χ0n) is 13.7. The highest BCUT2D eigenvalue weighted by Gasteiger charge is 2.44. The van der Waals surface area contributed by atoms with E-state index in [-0.39, 0.29) is 22.5 Å². The van der Waals surface area contributed by atoms with Crippen molar-refractivity contribution >= 4 is 33.3 Å². The lowest BCUT2D eigenvalue weighted by atomic mass is 9.98. The lowest BCUT2D eigenvalue weighted by Crippen LogP contribution is -2.29. The van der Waals surface area contributed by atoms with Crippen molar-refractivity contribution in [3.8, 4) is 5.75 Å². The van der Waals surface area contributed by atoms with Crippen LogP contribution < -0.4 is 10.3 Å². The molecule has 1 atom stereocenters. The molecule has 1 aliphatic heterocycles. The quantitative estimate of drug-likeness (QED) is 0.577. The van der Waals surface area contributed by atoms with E-state index in [2.05, 4.69) is 10.2 Å². The molecule has 0 fully saturated rings. The molecule has 4 aromatic rings. The molecule has 132 valence electrons. The molecule has 0 aliphatic carbocycles. The minimum Gasteiger partial charge on any atom is -0.508 e. The smallest absolute Gasteiger partial charge is 0.297 e. The Hall–Kier alpha value is -3.52. The Balaban J connectivity index is 1.83. The average Bonchev–Trinajstić information content (AvgIpc) is 3.30. The van der Waals surface area contributed by atoms with Crippen molar-refractivity contribution in [1.82, 2.24) is 10.2 Å². The van der Waals surface area contributed by atoms with Gasteiger partial charge in [-0.25, -0.2) is 0 Å². The Morgan fingerprint density at radius 1 is 1.07 bits per heavy atom. The number of phenols is 1. The number of amides is 1. The van der Waals surface area contributed by atoms with Crippen LogP contribution in [0.3, 0.4) is 0 Å². The highest BCUT2D eigenvalue weighted by atomic mass is 32.1. The van der Waals surface area contributed by atoms with E-state index < -0.39 is 11.9 Å². The van der Waals surface area contributed by atoms with Crippen molar-refractivity contribution in [3.63, 3.8) is 0 Å². The third-order valence-corrected chi connectivity index (χ3v) is 5.23. The van der Waals surface area contributed by atoms with E-state index in [1.165, 1.54) is 33.9 Å². The fourth-order valence-electron chi connectivity index (χ4n) is 3.36. The van der Waals surface area contributed by atoms with Crippen LogP contribution >= 0.6 is 11.3 Å². The summed E-state index contributed by atoms with van der Waals surface area (Å²) in [5, 5.41) is 18.2. The van der Waals surface area contributed by atoms with Gasteiger partial charge in [-0.2, -0.15) is 0 Å². The van der Waals surface area contributed by atoms with Gasteiger partial charge in [0.2, 0.25) is 10.9 Å². The predicted molar refractivity (Wildman–Crippen MR) is 99.2 cm³/mol. The molecule has 5 rings (SSSR count). The maximum absolute atomic E-state index is 13.2. The second-order valence-corrected chi connectivity index (χ2v) is 6.87. The normalized spacial score (nSPS) is 16.1. The van der Waals surface area contributed by atoms with Crippen molar-refractivity contribution in [1.29, 1.82) is 0 Å². The Labute approximate surface area is 156 Å². The van der Waals surface area contributed by atoms with Crippen molar-refractivity contribution in [2.75, 3.05) is 4.90 Å². The number of hydrogen-bond donors (Lipinski definition) is 1. The van der Waals surface area contributed by atoms with E-state index in [1.807, 2.05) is 0 Å². The van der Waals surface area contributed by atoms with E-state index in [4.69, 9.17) is 4.42 Å². The topological polar surface area (TPSA) is 96.5 Å². The molecule has 3 heterocycles. The first-order chi connectivity index (χ1) is 13.1. The first-order valence-corrected chi connectivity index (χ1v) is 8.97. The maximum atomic E-state index is 13.2. The zero-order valence-corrected chi connectivity index (χ0v) is 14.5. The van der Waals surface area contributed by atoms with Gasteiger partial charge in [0.05, 0.1) is 17.0 Å². The van der Waals surface area contributed by atoms with Crippen LogP contribution in [0.25, 0.3) is 11.0 Å². The number of hydrogen-bond acceptors (Lipinski definition) is 7. The van der Waals surface area contributed by atoms with Crippen LogP contribution in [0, 0.1) is 0 Å². The van der Waals surface area contributed by atoms with Gasteiger partial charge in [0.1, 0.15) is 16.8 Å². The molecular formula is C19H11N3O4S. The minimum atomic E-state index is -0.707. The second-order valence-electron chi connectivity index (χ2n) is 6.06. The highest BCUT2D eigenvalue weighted by molar-refractivity contribution is 7.13. The molecule has 0 spiro atoms. The molecule has 0 radical (unpaired) electrons. The summed E-state index contributed by atoms with van der Waals surface area (Å²) >= 11 is 1.20. The molecule has 0 bridgehead atoms. The molecule has 8 heteroatoms. The number of rotatable bonds is 2. The summed E-state index contributed by atoms with van der Waals surface area (Å²) in [7, 11) is 0. The van der Waals surface area contributed by atoms with E-state index in [0.717, 1.165) is 0 Å². The second kappa shape index (κ2) is 5.75. The third kappa shape index (κ3) is 2.27. The summed E-state index contributed by atoms with van der Waals surface area (Å²) in [6.07, 6.45) is 0. The van der Waals surface area contributed by atoms with Gasteiger partial charge in [0.25, 0.3) is 5.91 Å². The summed E-state index contributed by atoms with van der Waals surface area (Å²) in [5.41, 5.74) is 2.55. The first-order valence-electron chi connectivity index (χ1n) is 8.09. The van der Waals surface area contributed by atoms with Crippen molar-refractivity contribution in [2.45, 2.75) is 6.04 Å². The number of para-hydroxylation sites is 1. The highest BCUT2D eigenvalue weighted by Crippen LogP contribution is 2.41.